The van der Waals surface area contributed by atoms with Crippen LogP contribution in [0.4, 0.5) is 4.39 Å². The third kappa shape index (κ3) is 2.40. The van der Waals surface area contributed by atoms with Crippen LogP contribution in [0.5, 0.6) is 0 Å². The van der Waals surface area contributed by atoms with Gasteiger partial charge < -0.3 is 10.6 Å². The lowest BCUT2D eigenvalue weighted by molar-refractivity contribution is 0.150. The molecule has 1 atom stereocenters. The summed E-state index contributed by atoms with van der Waals surface area (Å²) in [7, 11) is 1.87. The Morgan fingerprint density at radius 2 is 2.00 bits per heavy atom. The van der Waals surface area contributed by atoms with Crippen LogP contribution in [0.15, 0.2) is 24.3 Å². The highest BCUT2D eigenvalue weighted by atomic mass is 19.1. The maximum absolute atomic E-state index is 13.7. The number of hydrogen-bond acceptors (Lipinski definition) is 3. The van der Waals surface area contributed by atoms with Crippen LogP contribution in [0.1, 0.15) is 11.7 Å². The summed E-state index contributed by atoms with van der Waals surface area (Å²) in [6, 6.07) is 6.97. The van der Waals surface area contributed by atoms with Crippen molar-refractivity contribution < 1.29 is 4.39 Å². The number of benzene rings is 1. The lowest BCUT2D eigenvalue weighted by Crippen LogP contribution is -2.48. The molecular weight excluding hydrogens is 205 g/mol. The number of nitrogens with one attached hydrogen (secondary N) is 2. The quantitative estimate of drug-likeness (QED) is 0.799. The van der Waals surface area contributed by atoms with E-state index in [-0.39, 0.29) is 12.0 Å². The molecule has 1 heterocycles. The predicted octanol–water partition coefficient (Wildman–Crippen LogP) is 0.949. The molecule has 1 aromatic rings. The molecule has 0 aromatic heterocycles. The Morgan fingerprint density at radius 3 is 2.62 bits per heavy atom. The molecule has 0 amide bonds. The summed E-state index contributed by atoms with van der Waals surface area (Å²) >= 11 is 0. The molecule has 3 nitrogen and oxygen atoms in total. The molecule has 0 saturated carbocycles. The SMILES string of the molecule is CNC(c1ccccc1F)N1CCNCC1. The molecule has 0 radical (unpaired) electrons. The molecule has 88 valence electrons. The third-order valence-electron chi connectivity index (χ3n) is 2.99. The summed E-state index contributed by atoms with van der Waals surface area (Å²) in [6.45, 7) is 3.82. The second kappa shape index (κ2) is 5.39. The lowest BCUT2D eigenvalue weighted by atomic mass is 10.1. The van der Waals surface area contributed by atoms with Crippen LogP contribution in [-0.4, -0.2) is 38.1 Å². The van der Waals surface area contributed by atoms with Gasteiger partial charge in [0.05, 0.1) is 6.17 Å². The van der Waals surface area contributed by atoms with Crippen LogP contribution in [0.25, 0.3) is 0 Å². The summed E-state index contributed by atoms with van der Waals surface area (Å²) in [5, 5.41) is 6.48. The number of rotatable bonds is 3. The Balaban J connectivity index is 2.18. The molecule has 1 aliphatic heterocycles. The molecule has 0 aliphatic carbocycles. The maximum Gasteiger partial charge on any atom is 0.129 e. The first-order valence-electron chi connectivity index (χ1n) is 5.69. The Labute approximate surface area is 95.6 Å². The van der Waals surface area contributed by atoms with Crippen molar-refractivity contribution in [2.24, 2.45) is 0 Å². The van der Waals surface area contributed by atoms with E-state index in [4.69, 9.17) is 0 Å². The zero-order valence-electron chi connectivity index (χ0n) is 9.54. The maximum atomic E-state index is 13.7. The van der Waals surface area contributed by atoms with Gasteiger partial charge in [0.15, 0.2) is 0 Å². The van der Waals surface area contributed by atoms with E-state index in [1.54, 1.807) is 6.07 Å². The van der Waals surface area contributed by atoms with Gasteiger partial charge in [-0.3, -0.25) is 4.90 Å². The summed E-state index contributed by atoms with van der Waals surface area (Å²) in [5.74, 6) is -0.139. The van der Waals surface area contributed by atoms with E-state index < -0.39 is 0 Å². The zero-order chi connectivity index (χ0) is 11.4. The van der Waals surface area contributed by atoms with Gasteiger partial charge >= 0.3 is 0 Å². The van der Waals surface area contributed by atoms with Crippen LogP contribution < -0.4 is 10.6 Å². The predicted molar refractivity (Wildman–Crippen MR) is 62.6 cm³/mol. The number of hydrogen-bond donors (Lipinski definition) is 2. The van der Waals surface area contributed by atoms with Crippen molar-refractivity contribution in [2.75, 3.05) is 33.2 Å². The van der Waals surface area contributed by atoms with Gasteiger partial charge in [-0.15, -0.1) is 0 Å². The fraction of sp³-hybridized carbons (Fsp3) is 0.500. The average molecular weight is 223 g/mol. The van der Waals surface area contributed by atoms with Gasteiger partial charge in [0.25, 0.3) is 0 Å². The molecule has 4 heteroatoms. The van der Waals surface area contributed by atoms with Crippen LogP contribution in [0.3, 0.4) is 0 Å². The minimum atomic E-state index is -0.139. The van der Waals surface area contributed by atoms with Crippen molar-refractivity contribution in [1.82, 2.24) is 15.5 Å². The molecule has 2 N–H and O–H groups in total. The summed E-state index contributed by atoms with van der Waals surface area (Å²) in [5.41, 5.74) is 0.729. The number of piperazine rings is 1. The first kappa shape index (κ1) is 11.5. The van der Waals surface area contributed by atoms with Crippen molar-refractivity contribution in [3.63, 3.8) is 0 Å². The van der Waals surface area contributed by atoms with Gasteiger partial charge in [-0.25, -0.2) is 4.39 Å². The van der Waals surface area contributed by atoms with Gasteiger partial charge in [0.2, 0.25) is 0 Å². The van der Waals surface area contributed by atoms with Gasteiger partial charge in [-0.2, -0.15) is 0 Å². The van der Waals surface area contributed by atoms with Crippen LogP contribution in [0.2, 0.25) is 0 Å². The first-order chi connectivity index (χ1) is 7.83. The van der Waals surface area contributed by atoms with Gasteiger partial charge in [-0.1, -0.05) is 18.2 Å². The van der Waals surface area contributed by atoms with E-state index in [1.807, 2.05) is 19.2 Å². The van der Waals surface area contributed by atoms with Crippen LogP contribution in [-0.2, 0) is 0 Å². The molecule has 1 saturated heterocycles. The molecule has 1 unspecified atom stereocenters. The second-order valence-electron chi connectivity index (χ2n) is 4.00. The van der Waals surface area contributed by atoms with E-state index in [0.717, 1.165) is 31.7 Å². The van der Waals surface area contributed by atoms with Crippen molar-refractivity contribution in [3.05, 3.63) is 35.6 Å². The van der Waals surface area contributed by atoms with Crippen molar-refractivity contribution >= 4 is 0 Å². The van der Waals surface area contributed by atoms with Crippen LogP contribution >= 0.6 is 0 Å². The molecule has 2 rings (SSSR count). The highest BCUT2D eigenvalue weighted by Crippen LogP contribution is 2.20. The molecule has 16 heavy (non-hydrogen) atoms. The second-order valence-corrected chi connectivity index (χ2v) is 4.00. The lowest BCUT2D eigenvalue weighted by Gasteiger charge is -2.35. The molecule has 1 aromatic carbocycles. The molecule has 0 spiro atoms. The van der Waals surface area contributed by atoms with Gasteiger partial charge in [0.1, 0.15) is 5.82 Å². The summed E-state index contributed by atoms with van der Waals surface area (Å²) in [6.07, 6.45) is -0.0247. The van der Waals surface area contributed by atoms with Crippen LogP contribution in [0, 0.1) is 5.82 Å². The van der Waals surface area contributed by atoms with E-state index in [0.29, 0.717) is 0 Å². The Hall–Kier alpha value is -0.970. The van der Waals surface area contributed by atoms with Gasteiger partial charge in [-0.05, 0) is 13.1 Å². The standard InChI is InChI=1S/C12H18FN3/c1-14-12(16-8-6-15-7-9-16)10-4-2-3-5-11(10)13/h2-5,12,14-15H,6-9H2,1H3. The number of nitrogens with zero attached hydrogens (tertiary/aromatic N) is 1. The molecule has 1 aliphatic rings. The molecular formula is C12H18FN3. The Bertz CT molecular complexity index is 337. The van der Waals surface area contributed by atoms with Crippen molar-refractivity contribution in [2.45, 2.75) is 6.17 Å². The highest BCUT2D eigenvalue weighted by Gasteiger charge is 2.22. The van der Waals surface area contributed by atoms with E-state index in [2.05, 4.69) is 15.5 Å². The first-order valence-corrected chi connectivity index (χ1v) is 5.69. The van der Waals surface area contributed by atoms with Crippen molar-refractivity contribution in [1.29, 1.82) is 0 Å². The Kier molecular flexibility index (Phi) is 3.88. The fourth-order valence-electron chi connectivity index (χ4n) is 2.17. The van der Waals surface area contributed by atoms with Gasteiger partial charge in [0, 0.05) is 31.7 Å². The van der Waals surface area contributed by atoms with E-state index >= 15 is 0 Å². The number of halogens is 1. The van der Waals surface area contributed by atoms with Crippen molar-refractivity contribution in [3.8, 4) is 0 Å². The molecule has 0 bridgehead atoms. The summed E-state index contributed by atoms with van der Waals surface area (Å²) < 4.78 is 13.7. The highest BCUT2D eigenvalue weighted by molar-refractivity contribution is 5.20. The monoisotopic (exact) mass is 223 g/mol. The fourth-order valence-corrected chi connectivity index (χ4v) is 2.17. The summed E-state index contributed by atoms with van der Waals surface area (Å²) in [4.78, 5) is 2.26. The Morgan fingerprint density at radius 1 is 1.31 bits per heavy atom. The minimum Gasteiger partial charge on any atom is -0.314 e. The third-order valence-corrected chi connectivity index (χ3v) is 2.99. The average Bonchev–Trinajstić information content (AvgIpc) is 2.34. The molecule has 1 fully saturated rings. The van der Waals surface area contributed by atoms with E-state index in [9.17, 15) is 4.39 Å². The smallest absolute Gasteiger partial charge is 0.129 e. The largest absolute Gasteiger partial charge is 0.314 e. The zero-order valence-corrected chi connectivity index (χ0v) is 9.54. The topological polar surface area (TPSA) is 27.3 Å². The minimum absolute atomic E-state index is 0.0247. The normalized spacial score (nSPS) is 19.6. The van der Waals surface area contributed by atoms with E-state index in [1.165, 1.54) is 6.07 Å².